The van der Waals surface area contributed by atoms with Crippen molar-refractivity contribution >= 4 is 11.8 Å². The molecular formula is C21H24N2O2. The second-order valence-corrected chi connectivity index (χ2v) is 6.65. The molecule has 2 aromatic carbocycles. The topological polar surface area (TPSA) is 49.4 Å². The van der Waals surface area contributed by atoms with Crippen LogP contribution in [0.2, 0.25) is 0 Å². The van der Waals surface area contributed by atoms with Gasteiger partial charge in [0.05, 0.1) is 12.0 Å². The number of nitrogens with zero attached hydrogens (tertiary/aromatic N) is 1. The van der Waals surface area contributed by atoms with E-state index < -0.39 is 0 Å². The first-order valence-electron chi connectivity index (χ1n) is 8.70. The Morgan fingerprint density at radius 2 is 1.80 bits per heavy atom. The number of nitrogens with one attached hydrogen (secondary N) is 1. The predicted molar refractivity (Wildman–Crippen MR) is 97.7 cm³/mol. The standard InChI is InChI=1S/C21H24N2O2/c1-15-8-6-7-11-17(15)14-22-21(25)18-12-13-19(24)23(2)20(18)16-9-4-3-5-10-16/h3-11,18,20H,12-14H2,1-2H3,(H,22,25)/t18-,20+/m1/s1. The number of rotatable bonds is 4. The first kappa shape index (κ1) is 17.2. The molecule has 2 aromatic rings. The summed E-state index contributed by atoms with van der Waals surface area (Å²) in [5.74, 6) is -0.123. The average Bonchev–Trinajstić information content (AvgIpc) is 2.63. The van der Waals surface area contributed by atoms with Crippen molar-refractivity contribution in [1.29, 1.82) is 0 Å². The summed E-state index contributed by atoms with van der Waals surface area (Å²) in [6.07, 6.45) is 1.00. The van der Waals surface area contributed by atoms with Gasteiger partial charge in [0, 0.05) is 20.0 Å². The van der Waals surface area contributed by atoms with Crippen LogP contribution in [0, 0.1) is 12.8 Å². The summed E-state index contributed by atoms with van der Waals surface area (Å²) in [7, 11) is 1.79. The van der Waals surface area contributed by atoms with Crippen LogP contribution in [0.1, 0.15) is 35.6 Å². The van der Waals surface area contributed by atoms with Crippen molar-refractivity contribution in [1.82, 2.24) is 10.2 Å². The monoisotopic (exact) mass is 336 g/mol. The minimum atomic E-state index is -0.228. The van der Waals surface area contributed by atoms with Gasteiger partial charge in [0.15, 0.2) is 0 Å². The molecule has 1 aliphatic rings. The molecule has 3 rings (SSSR count). The molecule has 1 N–H and O–H groups in total. The molecule has 0 radical (unpaired) electrons. The van der Waals surface area contributed by atoms with Gasteiger partial charge in [-0.15, -0.1) is 0 Å². The number of hydrogen-bond acceptors (Lipinski definition) is 2. The highest BCUT2D eigenvalue weighted by atomic mass is 16.2. The first-order valence-corrected chi connectivity index (χ1v) is 8.70. The zero-order valence-electron chi connectivity index (χ0n) is 14.7. The Morgan fingerprint density at radius 3 is 2.52 bits per heavy atom. The van der Waals surface area contributed by atoms with Gasteiger partial charge in [-0.05, 0) is 30.0 Å². The summed E-state index contributed by atoms with van der Waals surface area (Å²) >= 11 is 0. The summed E-state index contributed by atoms with van der Waals surface area (Å²) in [4.78, 5) is 26.8. The highest BCUT2D eigenvalue weighted by Crippen LogP contribution is 2.35. The quantitative estimate of drug-likeness (QED) is 0.932. The predicted octanol–water partition coefficient (Wildman–Crippen LogP) is 3.22. The van der Waals surface area contributed by atoms with Crippen molar-refractivity contribution in [2.24, 2.45) is 5.92 Å². The van der Waals surface area contributed by atoms with Crippen LogP contribution in [0.25, 0.3) is 0 Å². The van der Waals surface area contributed by atoms with E-state index in [1.165, 1.54) is 5.56 Å². The molecule has 0 spiro atoms. The van der Waals surface area contributed by atoms with E-state index >= 15 is 0 Å². The van der Waals surface area contributed by atoms with Crippen LogP contribution in [-0.2, 0) is 16.1 Å². The van der Waals surface area contributed by atoms with Crippen LogP contribution in [0.5, 0.6) is 0 Å². The first-order chi connectivity index (χ1) is 12.1. The molecular weight excluding hydrogens is 312 g/mol. The second-order valence-electron chi connectivity index (χ2n) is 6.65. The third-order valence-corrected chi connectivity index (χ3v) is 5.05. The zero-order valence-corrected chi connectivity index (χ0v) is 14.7. The van der Waals surface area contributed by atoms with Crippen LogP contribution < -0.4 is 5.32 Å². The molecule has 1 fully saturated rings. The molecule has 2 atom stereocenters. The van der Waals surface area contributed by atoms with Gasteiger partial charge in [-0.3, -0.25) is 9.59 Å². The maximum Gasteiger partial charge on any atom is 0.225 e. The van der Waals surface area contributed by atoms with Crippen LogP contribution >= 0.6 is 0 Å². The van der Waals surface area contributed by atoms with E-state index in [2.05, 4.69) is 5.32 Å². The maximum atomic E-state index is 12.9. The Hall–Kier alpha value is -2.62. The molecule has 4 nitrogen and oxygen atoms in total. The van der Waals surface area contributed by atoms with Gasteiger partial charge in [0.1, 0.15) is 0 Å². The molecule has 0 aromatic heterocycles. The average molecular weight is 336 g/mol. The number of hydrogen-bond donors (Lipinski definition) is 1. The highest BCUT2D eigenvalue weighted by Gasteiger charge is 2.38. The lowest BCUT2D eigenvalue weighted by molar-refractivity contribution is -0.141. The normalized spacial score (nSPS) is 20.4. The Kier molecular flexibility index (Phi) is 5.17. The van der Waals surface area contributed by atoms with Crippen LogP contribution in [-0.4, -0.2) is 23.8 Å². The summed E-state index contributed by atoms with van der Waals surface area (Å²) < 4.78 is 0. The van der Waals surface area contributed by atoms with E-state index in [9.17, 15) is 9.59 Å². The molecule has 1 heterocycles. The van der Waals surface area contributed by atoms with Gasteiger partial charge in [-0.1, -0.05) is 54.6 Å². The second kappa shape index (κ2) is 7.51. The number of piperidine rings is 1. The molecule has 0 unspecified atom stereocenters. The van der Waals surface area contributed by atoms with Crippen LogP contribution in [0.3, 0.4) is 0 Å². The smallest absolute Gasteiger partial charge is 0.225 e. The zero-order chi connectivity index (χ0) is 17.8. The SMILES string of the molecule is Cc1ccccc1CNC(=O)[C@@H]1CCC(=O)N(C)[C@H]1c1ccccc1. The summed E-state index contributed by atoms with van der Waals surface area (Å²) in [6, 6.07) is 17.7. The van der Waals surface area contributed by atoms with E-state index in [0.717, 1.165) is 11.1 Å². The van der Waals surface area contributed by atoms with Crippen LogP contribution in [0.4, 0.5) is 0 Å². The fraction of sp³-hybridized carbons (Fsp3) is 0.333. The molecule has 1 aliphatic heterocycles. The minimum Gasteiger partial charge on any atom is -0.352 e. The van der Waals surface area contributed by atoms with Crippen LogP contribution in [0.15, 0.2) is 54.6 Å². The molecule has 0 aliphatic carbocycles. The summed E-state index contributed by atoms with van der Waals surface area (Å²) in [5, 5.41) is 3.07. The third-order valence-electron chi connectivity index (χ3n) is 5.05. The molecule has 130 valence electrons. The number of benzene rings is 2. The van der Waals surface area contributed by atoms with E-state index in [0.29, 0.717) is 19.4 Å². The molecule has 0 bridgehead atoms. The fourth-order valence-electron chi connectivity index (χ4n) is 3.54. The molecule has 2 amide bonds. The van der Waals surface area contributed by atoms with Gasteiger partial charge in [-0.25, -0.2) is 0 Å². The van der Waals surface area contributed by atoms with Crippen molar-refractivity contribution in [2.75, 3.05) is 7.05 Å². The van der Waals surface area contributed by atoms with Crippen molar-refractivity contribution in [2.45, 2.75) is 32.4 Å². The number of carbonyl (C=O) groups excluding carboxylic acids is 2. The lowest BCUT2D eigenvalue weighted by Gasteiger charge is -2.38. The number of amides is 2. The lowest BCUT2D eigenvalue weighted by atomic mass is 9.84. The van der Waals surface area contributed by atoms with E-state index in [1.807, 2.05) is 61.5 Å². The molecule has 4 heteroatoms. The molecule has 1 saturated heterocycles. The van der Waals surface area contributed by atoms with Crippen molar-refractivity contribution in [3.8, 4) is 0 Å². The molecule has 0 saturated carbocycles. The number of likely N-dealkylation sites (tertiary alicyclic amines) is 1. The Labute approximate surface area is 148 Å². The van der Waals surface area contributed by atoms with Crippen molar-refractivity contribution in [3.05, 3.63) is 71.3 Å². The fourth-order valence-corrected chi connectivity index (χ4v) is 3.54. The lowest BCUT2D eigenvalue weighted by Crippen LogP contribution is -2.46. The summed E-state index contributed by atoms with van der Waals surface area (Å²) in [6.45, 7) is 2.56. The largest absolute Gasteiger partial charge is 0.352 e. The van der Waals surface area contributed by atoms with E-state index in [1.54, 1.807) is 11.9 Å². The Bertz CT molecular complexity index is 758. The van der Waals surface area contributed by atoms with Gasteiger partial charge in [-0.2, -0.15) is 0 Å². The van der Waals surface area contributed by atoms with Gasteiger partial charge in [0.2, 0.25) is 11.8 Å². The number of aryl methyl sites for hydroxylation is 1. The number of carbonyl (C=O) groups is 2. The van der Waals surface area contributed by atoms with Crippen molar-refractivity contribution < 1.29 is 9.59 Å². The van der Waals surface area contributed by atoms with Gasteiger partial charge >= 0.3 is 0 Å². The third kappa shape index (κ3) is 3.73. The van der Waals surface area contributed by atoms with Gasteiger partial charge in [0.25, 0.3) is 0 Å². The Morgan fingerprint density at radius 1 is 1.12 bits per heavy atom. The highest BCUT2D eigenvalue weighted by molar-refractivity contribution is 5.84. The summed E-state index contributed by atoms with van der Waals surface area (Å²) in [5.41, 5.74) is 3.29. The minimum absolute atomic E-state index is 0.0106. The van der Waals surface area contributed by atoms with Crippen molar-refractivity contribution in [3.63, 3.8) is 0 Å². The maximum absolute atomic E-state index is 12.9. The Balaban J connectivity index is 1.77. The van der Waals surface area contributed by atoms with E-state index in [-0.39, 0.29) is 23.8 Å². The molecule has 25 heavy (non-hydrogen) atoms. The van der Waals surface area contributed by atoms with Gasteiger partial charge < -0.3 is 10.2 Å². The van der Waals surface area contributed by atoms with E-state index in [4.69, 9.17) is 0 Å².